The van der Waals surface area contributed by atoms with E-state index in [1.54, 1.807) is 18.2 Å². The molecule has 1 aromatic rings. The van der Waals surface area contributed by atoms with Crippen LogP contribution in [0.25, 0.3) is 0 Å². The van der Waals surface area contributed by atoms with Crippen molar-refractivity contribution in [2.75, 3.05) is 40.0 Å². The fourth-order valence-corrected chi connectivity index (χ4v) is 2.20. The van der Waals surface area contributed by atoms with Gasteiger partial charge in [-0.3, -0.25) is 4.79 Å². The third-order valence-corrected chi connectivity index (χ3v) is 3.35. The number of likely N-dealkylation sites (N-methyl/N-ethyl adjacent to an activating group) is 1. The molecule has 0 N–H and O–H groups in total. The summed E-state index contributed by atoms with van der Waals surface area (Å²) in [5.41, 5.74) is 0.531. The summed E-state index contributed by atoms with van der Waals surface area (Å²) >= 11 is 0. The van der Waals surface area contributed by atoms with Gasteiger partial charge in [-0.2, -0.15) is 0 Å². The number of hydrogen-bond acceptors (Lipinski definition) is 5. The first-order valence-corrected chi connectivity index (χ1v) is 7.38. The molecule has 1 unspecified atom stereocenters. The molecule has 1 heterocycles. The van der Waals surface area contributed by atoms with E-state index in [1.807, 2.05) is 6.92 Å². The summed E-state index contributed by atoms with van der Waals surface area (Å²) in [7, 11) is 2.06. The molecule has 1 aliphatic heterocycles. The largest absolute Gasteiger partial charge is 0.493 e. The maximum atomic E-state index is 11.1. The van der Waals surface area contributed by atoms with Crippen LogP contribution in [-0.2, 0) is 4.74 Å². The van der Waals surface area contributed by atoms with Crippen molar-refractivity contribution < 1.29 is 19.0 Å². The highest BCUT2D eigenvalue weighted by atomic mass is 16.5. The Morgan fingerprint density at radius 1 is 1.43 bits per heavy atom. The molecule has 0 amide bonds. The average Bonchev–Trinajstić information content (AvgIpc) is 2.51. The summed E-state index contributed by atoms with van der Waals surface area (Å²) in [5.74, 6) is 1.27. The molecule has 0 saturated carbocycles. The van der Waals surface area contributed by atoms with Crippen LogP contribution in [-0.4, -0.2) is 57.2 Å². The Kier molecular flexibility index (Phi) is 6.02. The van der Waals surface area contributed by atoms with E-state index in [4.69, 9.17) is 14.2 Å². The van der Waals surface area contributed by atoms with E-state index in [0.717, 1.165) is 31.5 Å². The molecule has 1 aliphatic rings. The molecule has 5 heteroatoms. The van der Waals surface area contributed by atoms with Crippen molar-refractivity contribution in [2.45, 2.75) is 19.4 Å². The smallest absolute Gasteiger partial charge is 0.153 e. The van der Waals surface area contributed by atoms with Crippen LogP contribution in [0.1, 0.15) is 23.7 Å². The summed E-state index contributed by atoms with van der Waals surface area (Å²) < 4.78 is 17.0. The molecule has 5 nitrogen and oxygen atoms in total. The van der Waals surface area contributed by atoms with Gasteiger partial charge < -0.3 is 19.1 Å². The second kappa shape index (κ2) is 8.00. The van der Waals surface area contributed by atoms with Crippen molar-refractivity contribution >= 4 is 6.29 Å². The van der Waals surface area contributed by atoms with Gasteiger partial charge in [-0.05, 0) is 25.6 Å². The Morgan fingerprint density at radius 2 is 2.29 bits per heavy atom. The SMILES string of the molecule is CCCOc1ccc(C=O)c(OCC2CN(C)CCO2)c1. The fourth-order valence-electron chi connectivity index (χ4n) is 2.20. The predicted octanol–water partition coefficient (Wildman–Crippen LogP) is 2.00. The molecule has 116 valence electrons. The van der Waals surface area contributed by atoms with Gasteiger partial charge in [-0.15, -0.1) is 0 Å². The first-order chi connectivity index (χ1) is 10.2. The van der Waals surface area contributed by atoms with Crippen molar-refractivity contribution in [1.29, 1.82) is 0 Å². The molecule has 1 aromatic carbocycles. The topological polar surface area (TPSA) is 48.0 Å². The van der Waals surface area contributed by atoms with Crippen LogP contribution in [0.5, 0.6) is 11.5 Å². The summed E-state index contributed by atoms with van der Waals surface area (Å²) in [4.78, 5) is 13.3. The molecule has 0 aliphatic carbocycles. The lowest BCUT2D eigenvalue weighted by Crippen LogP contribution is -2.42. The zero-order valence-corrected chi connectivity index (χ0v) is 12.7. The number of rotatable bonds is 7. The Hall–Kier alpha value is -1.59. The van der Waals surface area contributed by atoms with Crippen molar-refractivity contribution in [3.8, 4) is 11.5 Å². The zero-order valence-electron chi connectivity index (χ0n) is 12.7. The number of carbonyl (C=O) groups is 1. The van der Waals surface area contributed by atoms with Crippen molar-refractivity contribution in [1.82, 2.24) is 4.90 Å². The lowest BCUT2D eigenvalue weighted by Gasteiger charge is -2.30. The molecule has 1 saturated heterocycles. The number of benzene rings is 1. The van der Waals surface area contributed by atoms with Gasteiger partial charge in [0.25, 0.3) is 0 Å². The van der Waals surface area contributed by atoms with E-state index in [1.165, 1.54) is 0 Å². The number of aldehydes is 1. The third kappa shape index (κ3) is 4.72. The summed E-state index contributed by atoms with van der Waals surface area (Å²) in [6.07, 6.45) is 1.77. The first kappa shape index (κ1) is 15.8. The van der Waals surface area contributed by atoms with Gasteiger partial charge in [0.1, 0.15) is 24.2 Å². The van der Waals surface area contributed by atoms with E-state index in [0.29, 0.717) is 31.1 Å². The highest BCUT2D eigenvalue weighted by molar-refractivity contribution is 5.79. The summed E-state index contributed by atoms with van der Waals surface area (Å²) in [6.45, 7) is 5.62. The normalized spacial score (nSPS) is 19.2. The van der Waals surface area contributed by atoms with E-state index in [-0.39, 0.29) is 6.10 Å². The second-order valence-electron chi connectivity index (χ2n) is 5.23. The quantitative estimate of drug-likeness (QED) is 0.720. The Balaban J connectivity index is 1.97. The molecule has 21 heavy (non-hydrogen) atoms. The van der Waals surface area contributed by atoms with Gasteiger partial charge in [0.2, 0.25) is 0 Å². The molecular formula is C16H23NO4. The number of carbonyl (C=O) groups excluding carboxylic acids is 1. The van der Waals surface area contributed by atoms with Gasteiger partial charge in [-0.1, -0.05) is 6.92 Å². The molecule has 1 fully saturated rings. The average molecular weight is 293 g/mol. The van der Waals surface area contributed by atoms with Crippen molar-refractivity contribution in [2.24, 2.45) is 0 Å². The minimum atomic E-state index is 0.0310. The predicted molar refractivity (Wildman–Crippen MR) is 80.3 cm³/mol. The number of morpholine rings is 1. The number of nitrogens with zero attached hydrogens (tertiary/aromatic N) is 1. The van der Waals surface area contributed by atoms with Crippen LogP contribution < -0.4 is 9.47 Å². The molecule has 0 spiro atoms. The molecule has 0 radical (unpaired) electrons. The van der Waals surface area contributed by atoms with Gasteiger partial charge in [0.15, 0.2) is 6.29 Å². The second-order valence-corrected chi connectivity index (χ2v) is 5.23. The van der Waals surface area contributed by atoms with Crippen LogP contribution in [0.3, 0.4) is 0 Å². The van der Waals surface area contributed by atoms with E-state index >= 15 is 0 Å². The van der Waals surface area contributed by atoms with E-state index < -0.39 is 0 Å². The summed E-state index contributed by atoms with van der Waals surface area (Å²) in [6, 6.07) is 5.28. The van der Waals surface area contributed by atoms with E-state index in [9.17, 15) is 4.79 Å². The third-order valence-electron chi connectivity index (χ3n) is 3.35. The minimum absolute atomic E-state index is 0.0310. The van der Waals surface area contributed by atoms with Crippen LogP contribution in [0, 0.1) is 0 Å². The van der Waals surface area contributed by atoms with Crippen LogP contribution in [0.2, 0.25) is 0 Å². The summed E-state index contributed by atoms with van der Waals surface area (Å²) in [5, 5.41) is 0. The monoisotopic (exact) mass is 293 g/mol. The fraction of sp³-hybridized carbons (Fsp3) is 0.562. The molecule has 1 atom stereocenters. The highest BCUT2D eigenvalue weighted by Gasteiger charge is 2.19. The van der Waals surface area contributed by atoms with Crippen LogP contribution >= 0.6 is 0 Å². The van der Waals surface area contributed by atoms with Gasteiger partial charge >= 0.3 is 0 Å². The Labute approximate surface area is 125 Å². The van der Waals surface area contributed by atoms with Crippen LogP contribution in [0.4, 0.5) is 0 Å². The van der Waals surface area contributed by atoms with Gasteiger partial charge in [-0.25, -0.2) is 0 Å². The maximum absolute atomic E-state index is 11.1. The molecular weight excluding hydrogens is 270 g/mol. The Morgan fingerprint density at radius 3 is 3.00 bits per heavy atom. The number of hydrogen-bond donors (Lipinski definition) is 0. The lowest BCUT2D eigenvalue weighted by atomic mass is 10.2. The molecule has 2 rings (SSSR count). The zero-order chi connectivity index (χ0) is 15.1. The standard InChI is InChI=1S/C16H23NO4/c1-3-7-19-14-5-4-13(11-18)16(9-14)21-12-15-10-17(2)6-8-20-15/h4-5,9,11,15H,3,6-8,10,12H2,1-2H3. The highest BCUT2D eigenvalue weighted by Crippen LogP contribution is 2.24. The van der Waals surface area contributed by atoms with Gasteiger partial charge in [0.05, 0.1) is 18.8 Å². The van der Waals surface area contributed by atoms with Crippen molar-refractivity contribution in [3.05, 3.63) is 23.8 Å². The molecule has 0 aromatic heterocycles. The first-order valence-electron chi connectivity index (χ1n) is 7.38. The maximum Gasteiger partial charge on any atom is 0.153 e. The van der Waals surface area contributed by atoms with Gasteiger partial charge in [0, 0.05) is 19.2 Å². The lowest BCUT2D eigenvalue weighted by molar-refractivity contribution is -0.0404. The minimum Gasteiger partial charge on any atom is -0.493 e. The number of ether oxygens (including phenoxy) is 3. The molecule has 0 bridgehead atoms. The van der Waals surface area contributed by atoms with E-state index in [2.05, 4.69) is 11.9 Å². The Bertz CT molecular complexity index is 464. The van der Waals surface area contributed by atoms with Crippen LogP contribution in [0.15, 0.2) is 18.2 Å². The van der Waals surface area contributed by atoms with Crippen molar-refractivity contribution in [3.63, 3.8) is 0 Å².